The lowest BCUT2D eigenvalue weighted by molar-refractivity contribution is -0.129. The summed E-state index contributed by atoms with van der Waals surface area (Å²) < 4.78 is 0. The van der Waals surface area contributed by atoms with Crippen LogP contribution in [-0.4, -0.2) is 78.0 Å². The zero-order valence-corrected chi connectivity index (χ0v) is 17.4. The molecule has 2 saturated heterocycles. The topological polar surface area (TPSA) is 55.8 Å². The van der Waals surface area contributed by atoms with Crippen LogP contribution in [0.2, 0.25) is 0 Å². The molecule has 7 nitrogen and oxygen atoms in total. The molecule has 0 saturated carbocycles. The van der Waals surface area contributed by atoms with Gasteiger partial charge in [-0.1, -0.05) is 30.3 Å². The second-order valence-electron chi connectivity index (χ2n) is 7.87. The van der Waals surface area contributed by atoms with E-state index >= 15 is 0 Å². The number of piperazine rings is 2. The van der Waals surface area contributed by atoms with Gasteiger partial charge in [-0.15, -0.1) is 0 Å². The summed E-state index contributed by atoms with van der Waals surface area (Å²) in [5, 5.41) is 0. The number of nitrogens with zero attached hydrogens (tertiary/aromatic N) is 6. The molecule has 2 aliphatic heterocycles. The smallest absolute Gasteiger partial charge is 0.219 e. The van der Waals surface area contributed by atoms with Gasteiger partial charge in [0.05, 0.1) is 0 Å². The summed E-state index contributed by atoms with van der Waals surface area (Å²) in [6.07, 6.45) is 0. The highest BCUT2D eigenvalue weighted by molar-refractivity contribution is 5.73. The Bertz CT molecular complexity index is 826. The normalized spacial score (nSPS) is 18.2. The minimum absolute atomic E-state index is 0.151. The van der Waals surface area contributed by atoms with Crippen LogP contribution < -0.4 is 9.80 Å². The summed E-state index contributed by atoms with van der Waals surface area (Å²) in [5.41, 5.74) is 1.37. The van der Waals surface area contributed by atoms with Gasteiger partial charge in [0.15, 0.2) is 0 Å². The third-order valence-electron chi connectivity index (χ3n) is 5.81. The molecular weight excluding hydrogens is 364 g/mol. The zero-order chi connectivity index (χ0) is 20.2. The maximum atomic E-state index is 11.6. The van der Waals surface area contributed by atoms with Gasteiger partial charge in [-0.2, -0.15) is 0 Å². The lowest BCUT2D eigenvalue weighted by Crippen LogP contribution is -2.48. The van der Waals surface area contributed by atoms with E-state index in [9.17, 15) is 4.79 Å². The third-order valence-corrected chi connectivity index (χ3v) is 5.81. The average molecular weight is 395 g/mol. The molecule has 2 fully saturated rings. The van der Waals surface area contributed by atoms with Crippen molar-refractivity contribution in [2.75, 3.05) is 62.2 Å². The summed E-state index contributed by atoms with van der Waals surface area (Å²) in [4.78, 5) is 30.0. The Hall–Kier alpha value is -2.67. The first-order chi connectivity index (χ1) is 14.1. The number of hydrogen-bond donors (Lipinski definition) is 0. The highest BCUT2D eigenvalue weighted by Crippen LogP contribution is 2.22. The fraction of sp³-hybridized carbons (Fsp3) is 0.500. The molecule has 0 unspecified atom stereocenters. The molecule has 0 spiro atoms. The largest absolute Gasteiger partial charge is 0.354 e. The van der Waals surface area contributed by atoms with Gasteiger partial charge >= 0.3 is 0 Å². The number of hydrogen-bond acceptors (Lipinski definition) is 6. The van der Waals surface area contributed by atoms with E-state index in [1.165, 1.54) is 5.56 Å². The van der Waals surface area contributed by atoms with Crippen LogP contribution in [0.3, 0.4) is 0 Å². The van der Waals surface area contributed by atoms with E-state index < -0.39 is 0 Å². The third kappa shape index (κ3) is 4.85. The van der Waals surface area contributed by atoms with E-state index in [0.717, 1.165) is 76.4 Å². The highest BCUT2D eigenvalue weighted by Gasteiger charge is 2.23. The maximum Gasteiger partial charge on any atom is 0.219 e. The van der Waals surface area contributed by atoms with Crippen molar-refractivity contribution in [3.63, 3.8) is 0 Å². The molecule has 0 N–H and O–H groups in total. The molecule has 2 aromatic rings. The van der Waals surface area contributed by atoms with Crippen molar-refractivity contribution in [2.45, 2.75) is 20.4 Å². The molecule has 29 heavy (non-hydrogen) atoms. The second kappa shape index (κ2) is 8.78. The van der Waals surface area contributed by atoms with Crippen LogP contribution in [0.5, 0.6) is 0 Å². The van der Waals surface area contributed by atoms with Gasteiger partial charge in [0.25, 0.3) is 0 Å². The Balaban J connectivity index is 1.38. The first-order valence-electron chi connectivity index (χ1n) is 10.5. The molecule has 1 aromatic carbocycles. The molecule has 154 valence electrons. The van der Waals surface area contributed by atoms with E-state index in [1.54, 1.807) is 6.92 Å². The fourth-order valence-electron chi connectivity index (χ4n) is 4.09. The predicted octanol–water partition coefficient (Wildman–Crippen LogP) is 1.78. The van der Waals surface area contributed by atoms with Gasteiger partial charge in [-0.25, -0.2) is 9.97 Å². The lowest BCUT2D eigenvalue weighted by Gasteiger charge is -2.37. The Labute approximate surface area is 172 Å². The van der Waals surface area contributed by atoms with Crippen molar-refractivity contribution in [3.05, 3.63) is 47.8 Å². The quantitative estimate of drug-likeness (QED) is 0.788. The SMILES string of the molecule is CC(=O)N1CCN(c2cc(N3CCN(Cc4ccccc4)CC3)nc(C)n2)CC1. The van der Waals surface area contributed by atoms with Gasteiger partial charge in [-0.05, 0) is 12.5 Å². The Kier molecular flexibility index (Phi) is 5.94. The summed E-state index contributed by atoms with van der Waals surface area (Å²) in [7, 11) is 0. The number of carbonyl (C=O) groups excluding carboxylic acids is 1. The first-order valence-corrected chi connectivity index (χ1v) is 10.5. The van der Waals surface area contributed by atoms with E-state index in [1.807, 2.05) is 11.8 Å². The number of benzene rings is 1. The molecule has 2 aliphatic rings. The molecule has 4 rings (SSSR count). The Morgan fingerprint density at radius 2 is 1.41 bits per heavy atom. The highest BCUT2D eigenvalue weighted by atomic mass is 16.2. The fourth-order valence-corrected chi connectivity index (χ4v) is 4.09. The van der Waals surface area contributed by atoms with E-state index in [0.29, 0.717) is 0 Å². The average Bonchev–Trinajstić information content (AvgIpc) is 2.75. The van der Waals surface area contributed by atoms with Crippen molar-refractivity contribution in [1.29, 1.82) is 0 Å². The van der Waals surface area contributed by atoms with Crippen LogP contribution in [-0.2, 0) is 11.3 Å². The van der Waals surface area contributed by atoms with Crippen LogP contribution in [0.1, 0.15) is 18.3 Å². The van der Waals surface area contributed by atoms with Gasteiger partial charge < -0.3 is 14.7 Å². The minimum Gasteiger partial charge on any atom is -0.354 e. The second-order valence-corrected chi connectivity index (χ2v) is 7.87. The Morgan fingerprint density at radius 3 is 1.97 bits per heavy atom. The minimum atomic E-state index is 0.151. The van der Waals surface area contributed by atoms with Crippen molar-refractivity contribution in [1.82, 2.24) is 19.8 Å². The van der Waals surface area contributed by atoms with E-state index in [2.05, 4.69) is 56.1 Å². The van der Waals surface area contributed by atoms with Crippen LogP contribution in [0.15, 0.2) is 36.4 Å². The summed E-state index contributed by atoms with van der Waals surface area (Å²) in [6, 6.07) is 12.8. The molecule has 0 radical (unpaired) electrons. The molecule has 0 bridgehead atoms. The number of carbonyl (C=O) groups is 1. The van der Waals surface area contributed by atoms with Gasteiger partial charge in [0, 0.05) is 71.9 Å². The molecular formula is C22H30N6O. The van der Waals surface area contributed by atoms with Crippen molar-refractivity contribution in [2.24, 2.45) is 0 Å². The molecule has 7 heteroatoms. The molecule has 1 amide bonds. The van der Waals surface area contributed by atoms with E-state index in [4.69, 9.17) is 4.98 Å². The number of aryl methyl sites for hydroxylation is 1. The maximum absolute atomic E-state index is 11.6. The monoisotopic (exact) mass is 394 g/mol. The van der Waals surface area contributed by atoms with Crippen molar-refractivity contribution >= 4 is 17.5 Å². The molecule has 1 aromatic heterocycles. The Morgan fingerprint density at radius 1 is 0.862 bits per heavy atom. The van der Waals surface area contributed by atoms with Gasteiger partial charge in [0.1, 0.15) is 17.5 Å². The number of aromatic nitrogens is 2. The standard InChI is InChI=1S/C22H30N6O/c1-18-23-21(16-22(24-18)28-14-12-26(13-15-28)19(2)29)27-10-8-25(9-11-27)17-20-6-4-3-5-7-20/h3-7,16H,8-15,17H2,1-2H3. The first kappa shape index (κ1) is 19.6. The van der Waals surface area contributed by atoms with Crippen LogP contribution in [0.25, 0.3) is 0 Å². The molecule has 0 aliphatic carbocycles. The van der Waals surface area contributed by atoms with Crippen LogP contribution in [0.4, 0.5) is 11.6 Å². The summed E-state index contributed by atoms with van der Waals surface area (Å²) in [5.74, 6) is 2.94. The van der Waals surface area contributed by atoms with Gasteiger partial charge in [0.2, 0.25) is 5.91 Å². The van der Waals surface area contributed by atoms with E-state index in [-0.39, 0.29) is 5.91 Å². The zero-order valence-electron chi connectivity index (χ0n) is 17.4. The number of anilines is 2. The van der Waals surface area contributed by atoms with Crippen molar-refractivity contribution < 1.29 is 4.79 Å². The number of amides is 1. The van der Waals surface area contributed by atoms with Crippen LogP contribution >= 0.6 is 0 Å². The summed E-state index contributed by atoms with van der Waals surface area (Å²) >= 11 is 0. The van der Waals surface area contributed by atoms with Crippen molar-refractivity contribution in [3.8, 4) is 0 Å². The summed E-state index contributed by atoms with van der Waals surface area (Å²) in [6.45, 7) is 11.8. The molecule has 3 heterocycles. The number of rotatable bonds is 4. The lowest BCUT2D eigenvalue weighted by atomic mass is 10.2. The molecule has 0 atom stereocenters. The van der Waals surface area contributed by atoms with Gasteiger partial charge in [-0.3, -0.25) is 9.69 Å². The predicted molar refractivity (Wildman–Crippen MR) is 115 cm³/mol. The van der Waals surface area contributed by atoms with Crippen LogP contribution in [0, 0.1) is 6.92 Å².